The molecule has 3 aromatic carbocycles. The molecule has 0 saturated carbocycles. The highest BCUT2D eigenvalue weighted by Gasteiger charge is 2.34. The lowest BCUT2D eigenvalue weighted by atomic mass is 9.83. The first-order valence-electron chi connectivity index (χ1n) is 9.80. The van der Waals surface area contributed by atoms with Crippen molar-refractivity contribution in [2.24, 2.45) is 0 Å². The lowest BCUT2D eigenvalue weighted by Crippen LogP contribution is -2.31. The highest BCUT2D eigenvalue weighted by Crippen LogP contribution is 2.40. The van der Waals surface area contributed by atoms with Gasteiger partial charge in [0.05, 0.1) is 0 Å². The molecular formula is C26H26S. The van der Waals surface area contributed by atoms with E-state index in [4.69, 9.17) is 12.6 Å². The Balaban J connectivity index is 1.72. The minimum atomic E-state index is -0.189. The molecule has 0 saturated heterocycles. The number of fused-ring (bicyclic) bond motifs is 1. The fourth-order valence-corrected chi connectivity index (χ4v) is 4.69. The molecule has 136 valence electrons. The van der Waals surface area contributed by atoms with Gasteiger partial charge in [-0.2, -0.15) is 12.6 Å². The minimum absolute atomic E-state index is 0.189. The topological polar surface area (TPSA) is 0 Å². The zero-order valence-electron chi connectivity index (χ0n) is 15.9. The Morgan fingerprint density at radius 3 is 2.19 bits per heavy atom. The standard InChI is InChI=1S/C26H26S/c1-2-21-12-6-9-15-24(21)19-26(27,18-20-10-4-3-5-11-20)25-16-22-13-7-8-14-23(22)17-25/h3-16,27H,2,17-19H2,1H3/t26-/m0/s1. The average molecular weight is 371 g/mol. The molecule has 1 aliphatic rings. The first kappa shape index (κ1) is 18.1. The Kier molecular flexibility index (Phi) is 5.22. The minimum Gasteiger partial charge on any atom is -0.167 e. The predicted molar refractivity (Wildman–Crippen MR) is 120 cm³/mol. The Labute approximate surface area is 168 Å². The van der Waals surface area contributed by atoms with Crippen molar-refractivity contribution in [2.45, 2.75) is 37.4 Å². The van der Waals surface area contributed by atoms with Crippen LogP contribution in [0, 0.1) is 0 Å². The molecule has 3 aromatic rings. The maximum Gasteiger partial charge on any atom is 0.0425 e. The lowest BCUT2D eigenvalue weighted by molar-refractivity contribution is 0.656. The molecule has 1 atom stereocenters. The summed E-state index contributed by atoms with van der Waals surface area (Å²) in [6.45, 7) is 2.24. The molecule has 0 aliphatic heterocycles. The third-order valence-corrected chi connectivity index (χ3v) is 6.29. The van der Waals surface area contributed by atoms with Crippen molar-refractivity contribution in [3.8, 4) is 0 Å². The van der Waals surface area contributed by atoms with E-state index < -0.39 is 0 Å². The summed E-state index contributed by atoms with van der Waals surface area (Å²) in [6, 6.07) is 28.3. The van der Waals surface area contributed by atoms with E-state index in [9.17, 15) is 0 Å². The van der Waals surface area contributed by atoms with Crippen LogP contribution in [-0.4, -0.2) is 4.75 Å². The number of thiol groups is 1. The van der Waals surface area contributed by atoms with Gasteiger partial charge in [-0.25, -0.2) is 0 Å². The molecule has 0 N–H and O–H groups in total. The summed E-state index contributed by atoms with van der Waals surface area (Å²) in [6.07, 6.45) is 6.33. The van der Waals surface area contributed by atoms with Gasteiger partial charge in [0, 0.05) is 4.75 Å². The quantitative estimate of drug-likeness (QED) is 0.481. The van der Waals surface area contributed by atoms with Gasteiger partial charge < -0.3 is 0 Å². The molecular weight excluding hydrogens is 344 g/mol. The molecule has 4 rings (SSSR count). The van der Waals surface area contributed by atoms with E-state index in [1.54, 1.807) is 0 Å². The summed E-state index contributed by atoms with van der Waals surface area (Å²) in [5, 5.41) is 0. The van der Waals surface area contributed by atoms with Crippen LogP contribution in [0.2, 0.25) is 0 Å². The van der Waals surface area contributed by atoms with Gasteiger partial charge in [0.1, 0.15) is 0 Å². The van der Waals surface area contributed by atoms with Crippen molar-refractivity contribution in [1.82, 2.24) is 0 Å². The first-order chi connectivity index (χ1) is 13.2. The van der Waals surface area contributed by atoms with E-state index in [2.05, 4.69) is 91.9 Å². The fraction of sp³-hybridized carbons (Fsp3) is 0.231. The number of rotatable bonds is 6. The molecule has 27 heavy (non-hydrogen) atoms. The Bertz CT molecular complexity index is 955. The molecule has 0 radical (unpaired) electrons. The van der Waals surface area contributed by atoms with Crippen molar-refractivity contribution in [2.75, 3.05) is 0 Å². The van der Waals surface area contributed by atoms with Crippen LogP contribution < -0.4 is 0 Å². The van der Waals surface area contributed by atoms with Gasteiger partial charge in [-0.05, 0) is 59.1 Å². The molecule has 0 heterocycles. The van der Waals surface area contributed by atoms with Crippen LogP contribution in [0.25, 0.3) is 6.08 Å². The van der Waals surface area contributed by atoms with E-state index in [1.165, 1.54) is 33.4 Å². The zero-order chi connectivity index (χ0) is 18.7. The van der Waals surface area contributed by atoms with Crippen LogP contribution in [0.1, 0.15) is 34.7 Å². The second-order valence-corrected chi connectivity index (χ2v) is 8.39. The molecule has 0 spiro atoms. The third-order valence-electron chi connectivity index (χ3n) is 5.69. The molecule has 1 aliphatic carbocycles. The predicted octanol–water partition coefficient (Wildman–Crippen LogP) is 6.34. The highest BCUT2D eigenvalue weighted by atomic mass is 32.1. The summed E-state index contributed by atoms with van der Waals surface area (Å²) in [7, 11) is 0. The van der Waals surface area contributed by atoms with Crippen LogP contribution in [0.3, 0.4) is 0 Å². The largest absolute Gasteiger partial charge is 0.167 e. The van der Waals surface area contributed by atoms with Crippen LogP contribution in [-0.2, 0) is 25.7 Å². The Morgan fingerprint density at radius 2 is 1.44 bits per heavy atom. The van der Waals surface area contributed by atoms with Gasteiger partial charge in [-0.1, -0.05) is 91.9 Å². The number of benzene rings is 3. The molecule has 0 fully saturated rings. The molecule has 0 unspecified atom stereocenters. The second-order valence-electron chi connectivity index (χ2n) is 7.54. The maximum atomic E-state index is 5.36. The number of hydrogen-bond acceptors (Lipinski definition) is 1. The summed E-state index contributed by atoms with van der Waals surface area (Å²) >= 11 is 5.36. The zero-order valence-corrected chi connectivity index (χ0v) is 16.8. The van der Waals surface area contributed by atoms with Gasteiger partial charge >= 0.3 is 0 Å². The SMILES string of the molecule is CCc1ccccc1C[C@@](S)(Cc1ccccc1)C1=Cc2ccccc2C1. The normalized spacial score (nSPS) is 15.1. The first-order valence-corrected chi connectivity index (χ1v) is 10.2. The van der Waals surface area contributed by atoms with Crippen molar-refractivity contribution in [3.63, 3.8) is 0 Å². The number of aryl methyl sites for hydroxylation is 1. The van der Waals surface area contributed by atoms with Gasteiger partial charge in [0.25, 0.3) is 0 Å². The summed E-state index contributed by atoms with van der Waals surface area (Å²) < 4.78 is -0.189. The average Bonchev–Trinajstić information content (AvgIpc) is 3.14. The van der Waals surface area contributed by atoms with Crippen molar-refractivity contribution >= 4 is 18.7 Å². The molecule has 1 heteroatoms. The van der Waals surface area contributed by atoms with Crippen molar-refractivity contribution < 1.29 is 0 Å². The maximum absolute atomic E-state index is 5.36. The van der Waals surface area contributed by atoms with Crippen molar-refractivity contribution in [3.05, 3.63) is 112 Å². The summed E-state index contributed by atoms with van der Waals surface area (Å²) in [4.78, 5) is 0. The summed E-state index contributed by atoms with van der Waals surface area (Å²) in [5.74, 6) is 0. The van der Waals surface area contributed by atoms with Crippen LogP contribution >= 0.6 is 12.6 Å². The van der Waals surface area contributed by atoms with Gasteiger partial charge in [-0.3, -0.25) is 0 Å². The highest BCUT2D eigenvalue weighted by molar-refractivity contribution is 7.82. The van der Waals surface area contributed by atoms with Crippen LogP contribution in [0.15, 0.2) is 84.4 Å². The monoisotopic (exact) mass is 370 g/mol. The second kappa shape index (κ2) is 7.78. The van der Waals surface area contributed by atoms with Gasteiger partial charge in [0.15, 0.2) is 0 Å². The Hall–Kier alpha value is -2.25. The van der Waals surface area contributed by atoms with Gasteiger partial charge in [0.2, 0.25) is 0 Å². The van der Waals surface area contributed by atoms with Crippen LogP contribution in [0.4, 0.5) is 0 Å². The Morgan fingerprint density at radius 1 is 0.778 bits per heavy atom. The van der Waals surface area contributed by atoms with Gasteiger partial charge in [-0.15, -0.1) is 0 Å². The smallest absolute Gasteiger partial charge is 0.0425 e. The summed E-state index contributed by atoms with van der Waals surface area (Å²) in [5.41, 5.74) is 8.40. The molecule has 0 amide bonds. The number of hydrogen-bond donors (Lipinski definition) is 1. The van der Waals surface area contributed by atoms with E-state index in [-0.39, 0.29) is 4.75 Å². The molecule has 0 nitrogen and oxygen atoms in total. The van der Waals surface area contributed by atoms with E-state index in [0.717, 1.165) is 25.7 Å². The van der Waals surface area contributed by atoms with E-state index in [1.807, 2.05) is 0 Å². The van der Waals surface area contributed by atoms with E-state index >= 15 is 0 Å². The van der Waals surface area contributed by atoms with E-state index in [0.29, 0.717) is 0 Å². The fourth-order valence-electron chi connectivity index (χ4n) is 4.19. The molecule has 0 bridgehead atoms. The van der Waals surface area contributed by atoms with Crippen LogP contribution in [0.5, 0.6) is 0 Å². The third kappa shape index (κ3) is 3.89. The molecule has 0 aromatic heterocycles. The lowest BCUT2D eigenvalue weighted by Gasteiger charge is -2.32. The van der Waals surface area contributed by atoms with Crippen molar-refractivity contribution in [1.29, 1.82) is 0 Å².